The maximum Gasteiger partial charge on any atom is 0.303 e. The quantitative estimate of drug-likeness (QED) is 0.723. The van der Waals surface area contributed by atoms with Crippen molar-refractivity contribution in [2.75, 3.05) is 0 Å². The van der Waals surface area contributed by atoms with Crippen LogP contribution < -0.4 is 5.73 Å². The molecule has 0 aliphatic heterocycles. The molecule has 0 aliphatic rings. The molecule has 0 atom stereocenters. The molecule has 2 aromatic rings. The van der Waals surface area contributed by atoms with E-state index in [1.807, 2.05) is 11.3 Å². The molecule has 0 unspecified atom stereocenters. The smallest absolute Gasteiger partial charge is 0.303 e. The first kappa shape index (κ1) is 19.2. The van der Waals surface area contributed by atoms with Crippen LogP contribution in [0.1, 0.15) is 67.8 Å². The van der Waals surface area contributed by atoms with Gasteiger partial charge in [-0.3, -0.25) is 4.79 Å². The summed E-state index contributed by atoms with van der Waals surface area (Å²) in [7, 11) is 0. The highest BCUT2D eigenvalue weighted by Gasteiger charge is 2.23. The minimum Gasteiger partial charge on any atom is -0.481 e. The van der Waals surface area contributed by atoms with Crippen molar-refractivity contribution in [3.8, 4) is 9.75 Å². The van der Waals surface area contributed by atoms with Crippen molar-refractivity contribution in [3.63, 3.8) is 0 Å². The van der Waals surface area contributed by atoms with Crippen molar-refractivity contribution in [1.82, 2.24) is 0 Å². The topological polar surface area (TPSA) is 63.3 Å². The van der Waals surface area contributed by atoms with E-state index in [2.05, 4.69) is 46.8 Å². The highest BCUT2D eigenvalue weighted by Crippen LogP contribution is 2.43. The SMILES string of the molecule is CC(C)c1sc(-c2cc(CN)c(C(C)(C)C)s2)cc1CCC(=O)O. The van der Waals surface area contributed by atoms with E-state index in [0.717, 1.165) is 0 Å². The normalized spacial score (nSPS) is 12.1. The summed E-state index contributed by atoms with van der Waals surface area (Å²) in [5, 5.41) is 8.98. The number of carboxylic acid groups (broad SMARTS) is 1. The monoisotopic (exact) mass is 365 g/mol. The Morgan fingerprint density at radius 2 is 1.75 bits per heavy atom. The van der Waals surface area contributed by atoms with Gasteiger partial charge in [0.1, 0.15) is 0 Å². The number of carboxylic acids is 1. The molecule has 0 aliphatic carbocycles. The summed E-state index contributed by atoms with van der Waals surface area (Å²) < 4.78 is 0. The van der Waals surface area contributed by atoms with Crippen molar-refractivity contribution in [1.29, 1.82) is 0 Å². The summed E-state index contributed by atoms with van der Waals surface area (Å²) >= 11 is 3.61. The number of nitrogens with two attached hydrogens (primary N) is 1. The molecule has 5 heteroatoms. The second-order valence-corrected chi connectivity index (χ2v) is 9.60. The molecule has 0 spiro atoms. The standard InChI is InChI=1S/C19H27NO2S2/c1-11(2)17-12(6-7-16(21)22)8-14(23-17)15-9-13(10-20)18(24-15)19(3,4)5/h8-9,11H,6-7,10,20H2,1-5H3,(H,21,22). The van der Waals surface area contributed by atoms with Gasteiger partial charge in [0, 0.05) is 32.5 Å². The van der Waals surface area contributed by atoms with Gasteiger partial charge in [0.05, 0.1) is 0 Å². The van der Waals surface area contributed by atoms with Gasteiger partial charge in [-0.25, -0.2) is 0 Å². The third kappa shape index (κ3) is 4.26. The van der Waals surface area contributed by atoms with E-state index in [0.29, 0.717) is 18.9 Å². The Balaban J connectivity index is 2.44. The van der Waals surface area contributed by atoms with Crippen molar-refractivity contribution in [2.45, 2.75) is 65.3 Å². The summed E-state index contributed by atoms with van der Waals surface area (Å²) in [4.78, 5) is 16.0. The lowest BCUT2D eigenvalue weighted by Crippen LogP contribution is -2.12. The van der Waals surface area contributed by atoms with Crippen molar-refractivity contribution >= 4 is 28.6 Å². The third-order valence-electron chi connectivity index (χ3n) is 3.93. The lowest BCUT2D eigenvalue weighted by atomic mass is 9.92. The van der Waals surface area contributed by atoms with E-state index >= 15 is 0 Å². The molecule has 0 fully saturated rings. The molecule has 0 aromatic carbocycles. The maximum absolute atomic E-state index is 10.9. The van der Waals surface area contributed by atoms with Crippen LogP contribution in [-0.2, 0) is 23.2 Å². The first-order valence-corrected chi connectivity index (χ1v) is 9.94. The first-order valence-electron chi connectivity index (χ1n) is 8.31. The number of aliphatic carboxylic acids is 1. The fourth-order valence-electron chi connectivity index (χ4n) is 2.83. The largest absolute Gasteiger partial charge is 0.481 e. The Morgan fingerprint density at radius 1 is 1.17 bits per heavy atom. The maximum atomic E-state index is 10.9. The third-order valence-corrected chi connectivity index (χ3v) is 7.20. The van der Waals surface area contributed by atoms with E-state index in [9.17, 15) is 4.79 Å². The number of hydrogen-bond donors (Lipinski definition) is 2. The molecular weight excluding hydrogens is 338 g/mol. The summed E-state index contributed by atoms with van der Waals surface area (Å²) in [6.07, 6.45) is 0.780. The van der Waals surface area contributed by atoms with E-state index in [4.69, 9.17) is 10.8 Å². The van der Waals surface area contributed by atoms with Crippen LogP contribution in [0, 0.1) is 0 Å². The van der Waals surface area contributed by atoms with E-state index in [-0.39, 0.29) is 11.8 Å². The molecule has 3 nitrogen and oxygen atoms in total. The highest BCUT2D eigenvalue weighted by atomic mass is 32.1. The number of carbonyl (C=O) groups is 1. The van der Waals surface area contributed by atoms with Gasteiger partial charge in [0.2, 0.25) is 0 Å². The van der Waals surface area contributed by atoms with Crippen LogP contribution in [0.5, 0.6) is 0 Å². The summed E-state index contributed by atoms with van der Waals surface area (Å²) in [5.41, 5.74) is 8.42. The fraction of sp³-hybridized carbons (Fsp3) is 0.526. The molecule has 2 rings (SSSR count). The molecule has 2 aromatic heterocycles. The minimum absolute atomic E-state index is 0.0852. The molecule has 24 heavy (non-hydrogen) atoms. The number of thiophene rings is 2. The molecule has 2 heterocycles. The van der Waals surface area contributed by atoms with Crippen molar-refractivity contribution in [3.05, 3.63) is 33.0 Å². The zero-order valence-corrected chi connectivity index (χ0v) is 16.7. The van der Waals surface area contributed by atoms with Gasteiger partial charge in [0.25, 0.3) is 0 Å². The Kier molecular flexibility index (Phi) is 5.89. The van der Waals surface area contributed by atoms with Gasteiger partial charge in [-0.05, 0) is 41.0 Å². The van der Waals surface area contributed by atoms with Crippen molar-refractivity contribution in [2.24, 2.45) is 5.73 Å². The number of hydrogen-bond acceptors (Lipinski definition) is 4. The van der Waals surface area contributed by atoms with Crippen LogP contribution in [0.15, 0.2) is 12.1 Å². The second kappa shape index (κ2) is 7.38. The predicted molar refractivity (Wildman–Crippen MR) is 104 cm³/mol. The van der Waals surface area contributed by atoms with Gasteiger partial charge in [0.15, 0.2) is 0 Å². The van der Waals surface area contributed by atoms with E-state index < -0.39 is 5.97 Å². The van der Waals surface area contributed by atoms with Crippen LogP contribution in [0.2, 0.25) is 0 Å². The van der Waals surface area contributed by atoms with Crippen LogP contribution >= 0.6 is 22.7 Å². The number of aryl methyl sites for hydroxylation is 1. The molecule has 0 bridgehead atoms. The number of rotatable bonds is 6. The first-order chi connectivity index (χ1) is 11.1. The van der Waals surface area contributed by atoms with Gasteiger partial charge in [-0.1, -0.05) is 34.6 Å². The predicted octanol–water partition coefficient (Wildman–Crippen LogP) is 5.37. The van der Waals surface area contributed by atoms with Gasteiger partial charge >= 0.3 is 5.97 Å². The van der Waals surface area contributed by atoms with Crippen LogP contribution in [0.25, 0.3) is 9.75 Å². The van der Waals surface area contributed by atoms with Gasteiger partial charge in [-0.15, -0.1) is 22.7 Å². The fourth-order valence-corrected chi connectivity index (χ4v) is 5.36. The van der Waals surface area contributed by atoms with Crippen LogP contribution in [-0.4, -0.2) is 11.1 Å². The average molecular weight is 366 g/mol. The Hall–Kier alpha value is -1.17. The molecule has 132 valence electrons. The zero-order valence-electron chi connectivity index (χ0n) is 15.1. The molecule has 0 amide bonds. The van der Waals surface area contributed by atoms with E-state index in [1.54, 1.807) is 11.3 Å². The van der Waals surface area contributed by atoms with Gasteiger partial charge in [-0.2, -0.15) is 0 Å². The average Bonchev–Trinajstić information content (AvgIpc) is 3.08. The van der Waals surface area contributed by atoms with Crippen molar-refractivity contribution < 1.29 is 9.90 Å². The van der Waals surface area contributed by atoms with E-state index in [1.165, 1.54) is 30.6 Å². The molecule has 0 saturated heterocycles. The highest BCUT2D eigenvalue weighted by molar-refractivity contribution is 7.22. The molecule has 0 saturated carbocycles. The lowest BCUT2D eigenvalue weighted by Gasteiger charge is -2.18. The summed E-state index contributed by atoms with van der Waals surface area (Å²) in [6.45, 7) is 11.5. The molecule has 3 N–H and O–H groups in total. The lowest BCUT2D eigenvalue weighted by molar-refractivity contribution is -0.136. The van der Waals surface area contributed by atoms with Gasteiger partial charge < -0.3 is 10.8 Å². The summed E-state index contributed by atoms with van der Waals surface area (Å²) in [5.74, 6) is -0.336. The zero-order chi connectivity index (χ0) is 18.1. The second-order valence-electron chi connectivity index (χ2n) is 7.47. The Morgan fingerprint density at radius 3 is 2.21 bits per heavy atom. The van der Waals surface area contributed by atoms with Crippen LogP contribution in [0.4, 0.5) is 0 Å². The minimum atomic E-state index is -0.742. The molecular formula is C19H27NO2S2. The summed E-state index contributed by atoms with van der Waals surface area (Å²) in [6, 6.07) is 4.39. The Bertz CT molecular complexity index is 720. The Labute approximate surface area is 152 Å². The molecule has 0 radical (unpaired) electrons. The van der Waals surface area contributed by atoms with Crippen LogP contribution in [0.3, 0.4) is 0 Å².